The van der Waals surface area contributed by atoms with Crippen LogP contribution in [0.1, 0.15) is 44.0 Å². The summed E-state index contributed by atoms with van der Waals surface area (Å²) in [5, 5.41) is 2.86. The van der Waals surface area contributed by atoms with Gasteiger partial charge < -0.3 is 5.32 Å². The van der Waals surface area contributed by atoms with E-state index in [1.165, 1.54) is 18.2 Å². The molecule has 1 aromatic rings. The lowest BCUT2D eigenvalue weighted by Crippen LogP contribution is -2.45. The van der Waals surface area contributed by atoms with Crippen molar-refractivity contribution in [2.24, 2.45) is 0 Å². The summed E-state index contributed by atoms with van der Waals surface area (Å²) < 4.78 is 13.5. The molecule has 1 rings (SSSR count). The molecular weight excluding hydrogens is 237 g/mol. The zero-order chi connectivity index (χ0) is 13.1. The van der Waals surface area contributed by atoms with Gasteiger partial charge in [-0.1, -0.05) is 13.8 Å². The predicted molar refractivity (Wildman–Crippen MR) is 70.1 cm³/mol. The molecule has 0 saturated carbocycles. The number of benzene rings is 1. The van der Waals surface area contributed by atoms with Crippen LogP contribution >= 0.6 is 12.6 Å². The first-order chi connectivity index (χ1) is 7.91. The normalized spacial score (nSPS) is 11.4. The summed E-state index contributed by atoms with van der Waals surface area (Å²) in [6, 6.07) is 4.22. The van der Waals surface area contributed by atoms with E-state index in [1.807, 2.05) is 20.8 Å². The van der Waals surface area contributed by atoms with Crippen LogP contribution in [-0.4, -0.2) is 11.4 Å². The van der Waals surface area contributed by atoms with Gasteiger partial charge in [-0.2, -0.15) is 0 Å². The molecule has 0 atom stereocenters. The highest BCUT2D eigenvalue weighted by molar-refractivity contribution is 7.80. The fourth-order valence-corrected chi connectivity index (χ4v) is 1.66. The average Bonchev–Trinajstić information content (AvgIpc) is 2.32. The minimum atomic E-state index is -0.519. The molecule has 0 aromatic heterocycles. The second kappa shape index (κ2) is 5.54. The maximum absolute atomic E-state index is 13.5. The monoisotopic (exact) mass is 255 g/mol. The Bertz CT molecular complexity index is 416. The molecule has 0 bridgehead atoms. The molecular formula is C13H18FNOS. The van der Waals surface area contributed by atoms with Crippen LogP contribution in [0, 0.1) is 5.82 Å². The SMILES string of the molecule is CCC(C)(CC)NC(=O)c1cc(S)ccc1F. The zero-order valence-corrected chi connectivity index (χ0v) is 11.3. The molecule has 0 spiro atoms. The van der Waals surface area contributed by atoms with Gasteiger partial charge in [0.1, 0.15) is 5.82 Å². The van der Waals surface area contributed by atoms with Gasteiger partial charge in [0.05, 0.1) is 5.56 Å². The third kappa shape index (κ3) is 3.46. The van der Waals surface area contributed by atoms with Crippen molar-refractivity contribution in [1.82, 2.24) is 5.32 Å². The highest BCUT2D eigenvalue weighted by Crippen LogP contribution is 2.17. The van der Waals surface area contributed by atoms with E-state index in [2.05, 4.69) is 17.9 Å². The standard InChI is InChI=1S/C13H18FNOS/c1-4-13(3,5-2)15-12(16)10-8-9(17)6-7-11(10)14/h6-8,17H,4-5H2,1-3H3,(H,15,16). The molecule has 0 aliphatic rings. The van der Waals surface area contributed by atoms with Crippen LogP contribution in [0.2, 0.25) is 0 Å². The molecule has 0 saturated heterocycles. The molecule has 2 nitrogen and oxygen atoms in total. The van der Waals surface area contributed by atoms with Gasteiger partial charge in [0.2, 0.25) is 0 Å². The molecule has 4 heteroatoms. The quantitative estimate of drug-likeness (QED) is 0.793. The van der Waals surface area contributed by atoms with Crippen LogP contribution in [0.3, 0.4) is 0 Å². The molecule has 0 radical (unpaired) electrons. The third-order valence-corrected chi connectivity index (χ3v) is 3.45. The number of amides is 1. The minimum Gasteiger partial charge on any atom is -0.347 e. The van der Waals surface area contributed by atoms with Gasteiger partial charge in [0.25, 0.3) is 5.91 Å². The molecule has 1 amide bonds. The van der Waals surface area contributed by atoms with Crippen molar-refractivity contribution in [3.8, 4) is 0 Å². The van der Waals surface area contributed by atoms with Crippen LogP contribution in [0.25, 0.3) is 0 Å². The number of rotatable bonds is 4. The van der Waals surface area contributed by atoms with Crippen molar-refractivity contribution in [1.29, 1.82) is 0 Å². The number of nitrogens with one attached hydrogen (secondary N) is 1. The second-order valence-corrected chi connectivity index (χ2v) is 4.90. The molecule has 0 unspecified atom stereocenters. The highest BCUT2D eigenvalue weighted by atomic mass is 32.1. The van der Waals surface area contributed by atoms with Gasteiger partial charge in [-0.3, -0.25) is 4.79 Å². The van der Waals surface area contributed by atoms with Gasteiger partial charge in [-0.25, -0.2) is 4.39 Å². The van der Waals surface area contributed by atoms with Gasteiger partial charge in [-0.15, -0.1) is 12.6 Å². The fraction of sp³-hybridized carbons (Fsp3) is 0.462. The van der Waals surface area contributed by atoms with Crippen molar-refractivity contribution >= 4 is 18.5 Å². The molecule has 1 aromatic carbocycles. The lowest BCUT2D eigenvalue weighted by atomic mass is 9.95. The Labute approximate surface area is 107 Å². The Morgan fingerprint density at radius 1 is 1.41 bits per heavy atom. The van der Waals surface area contributed by atoms with Crippen LogP contribution < -0.4 is 5.32 Å². The maximum atomic E-state index is 13.5. The highest BCUT2D eigenvalue weighted by Gasteiger charge is 2.23. The first kappa shape index (κ1) is 14.0. The van der Waals surface area contributed by atoms with Gasteiger partial charge >= 0.3 is 0 Å². The summed E-state index contributed by atoms with van der Waals surface area (Å²) >= 11 is 4.11. The first-order valence-electron chi connectivity index (χ1n) is 5.73. The summed E-state index contributed by atoms with van der Waals surface area (Å²) in [6.45, 7) is 5.94. The Kier molecular flexibility index (Phi) is 4.57. The van der Waals surface area contributed by atoms with Crippen LogP contribution in [0.5, 0.6) is 0 Å². The van der Waals surface area contributed by atoms with E-state index in [-0.39, 0.29) is 17.0 Å². The first-order valence-corrected chi connectivity index (χ1v) is 6.17. The lowest BCUT2D eigenvalue weighted by Gasteiger charge is -2.28. The number of thiol groups is 1. The van der Waals surface area contributed by atoms with E-state index in [4.69, 9.17) is 0 Å². The molecule has 94 valence electrons. The number of hydrogen-bond acceptors (Lipinski definition) is 2. The van der Waals surface area contributed by atoms with E-state index in [0.29, 0.717) is 4.90 Å². The molecule has 17 heavy (non-hydrogen) atoms. The zero-order valence-electron chi connectivity index (χ0n) is 10.4. The van der Waals surface area contributed by atoms with Gasteiger partial charge in [-0.05, 0) is 38.0 Å². The van der Waals surface area contributed by atoms with Crippen LogP contribution in [0.15, 0.2) is 23.1 Å². The van der Waals surface area contributed by atoms with Crippen molar-refractivity contribution in [2.75, 3.05) is 0 Å². The molecule has 0 aliphatic heterocycles. The topological polar surface area (TPSA) is 29.1 Å². The summed E-state index contributed by atoms with van der Waals surface area (Å²) in [7, 11) is 0. The van der Waals surface area contributed by atoms with Crippen molar-refractivity contribution < 1.29 is 9.18 Å². The number of carbonyl (C=O) groups is 1. The lowest BCUT2D eigenvalue weighted by molar-refractivity contribution is 0.0896. The Morgan fingerprint density at radius 3 is 2.53 bits per heavy atom. The number of halogens is 1. The van der Waals surface area contributed by atoms with E-state index in [0.717, 1.165) is 12.8 Å². The summed E-state index contributed by atoms with van der Waals surface area (Å²) in [4.78, 5) is 12.5. The van der Waals surface area contributed by atoms with Gasteiger partial charge in [0, 0.05) is 10.4 Å². The van der Waals surface area contributed by atoms with Crippen molar-refractivity contribution in [3.63, 3.8) is 0 Å². The Balaban J connectivity index is 2.94. The van der Waals surface area contributed by atoms with Gasteiger partial charge in [0.15, 0.2) is 0 Å². The Morgan fingerprint density at radius 2 is 2.00 bits per heavy atom. The molecule has 1 N–H and O–H groups in total. The molecule has 0 aliphatic carbocycles. The largest absolute Gasteiger partial charge is 0.347 e. The second-order valence-electron chi connectivity index (χ2n) is 4.39. The summed E-state index contributed by atoms with van der Waals surface area (Å²) in [5.41, 5.74) is -0.249. The van der Waals surface area contributed by atoms with E-state index >= 15 is 0 Å². The summed E-state index contributed by atoms with van der Waals surface area (Å²) in [5.74, 6) is -0.903. The fourth-order valence-electron chi connectivity index (χ4n) is 1.46. The average molecular weight is 255 g/mol. The number of hydrogen-bond donors (Lipinski definition) is 2. The number of carbonyl (C=O) groups excluding carboxylic acids is 1. The van der Waals surface area contributed by atoms with E-state index in [9.17, 15) is 9.18 Å². The van der Waals surface area contributed by atoms with Crippen LogP contribution in [-0.2, 0) is 0 Å². The van der Waals surface area contributed by atoms with Crippen molar-refractivity contribution in [3.05, 3.63) is 29.6 Å². The van der Waals surface area contributed by atoms with E-state index in [1.54, 1.807) is 0 Å². The molecule has 0 heterocycles. The summed E-state index contributed by atoms with van der Waals surface area (Å²) in [6.07, 6.45) is 1.61. The molecule has 0 fully saturated rings. The minimum absolute atomic E-state index is 0.0469. The van der Waals surface area contributed by atoms with Crippen molar-refractivity contribution in [2.45, 2.75) is 44.0 Å². The predicted octanol–water partition coefficient (Wildman–Crippen LogP) is 3.42. The van der Waals surface area contributed by atoms with Crippen LogP contribution in [0.4, 0.5) is 4.39 Å². The van der Waals surface area contributed by atoms with E-state index < -0.39 is 5.82 Å². The smallest absolute Gasteiger partial charge is 0.254 e. The Hall–Kier alpha value is -1.03. The third-order valence-electron chi connectivity index (χ3n) is 3.17. The maximum Gasteiger partial charge on any atom is 0.254 e.